The first-order valence-corrected chi connectivity index (χ1v) is 11.9. The number of anilines is 2. The number of hydrogen-bond donors (Lipinski definition) is 2. The van der Waals surface area contributed by atoms with Gasteiger partial charge in [0.1, 0.15) is 11.6 Å². The van der Waals surface area contributed by atoms with Crippen LogP contribution in [-0.4, -0.2) is 68.4 Å². The Morgan fingerprint density at radius 2 is 1.53 bits per heavy atom. The SMILES string of the molecule is COc1nc(N(C)C)ccc1-c1cc2c(C(=O)O)c[nH]c2cc1Cl.COc1nc(N(C)C)ccc1Br. The van der Waals surface area contributed by atoms with Crippen LogP contribution in [0.2, 0.25) is 5.02 Å². The van der Waals surface area contributed by atoms with Crippen molar-refractivity contribution >= 4 is 56.0 Å². The summed E-state index contributed by atoms with van der Waals surface area (Å²) in [6, 6.07) is 11.0. The van der Waals surface area contributed by atoms with Gasteiger partial charge in [0.2, 0.25) is 11.8 Å². The van der Waals surface area contributed by atoms with E-state index in [0.29, 0.717) is 38.8 Å². The number of nitrogens with one attached hydrogen (secondary N) is 1. The van der Waals surface area contributed by atoms with E-state index >= 15 is 0 Å². The van der Waals surface area contributed by atoms with Crippen molar-refractivity contribution in [1.82, 2.24) is 15.0 Å². The van der Waals surface area contributed by atoms with E-state index in [1.807, 2.05) is 62.3 Å². The van der Waals surface area contributed by atoms with E-state index in [2.05, 4.69) is 30.9 Å². The number of aromatic amines is 1. The minimum Gasteiger partial charge on any atom is -0.480 e. The molecule has 4 aromatic rings. The van der Waals surface area contributed by atoms with Gasteiger partial charge in [-0.25, -0.2) is 4.79 Å². The number of nitrogens with zero attached hydrogens (tertiary/aromatic N) is 4. The molecule has 0 bridgehead atoms. The number of aromatic carboxylic acids is 1. The summed E-state index contributed by atoms with van der Waals surface area (Å²) in [6.45, 7) is 0. The van der Waals surface area contributed by atoms with Gasteiger partial charge < -0.3 is 29.4 Å². The van der Waals surface area contributed by atoms with Crippen molar-refractivity contribution < 1.29 is 19.4 Å². The maximum atomic E-state index is 11.4. The lowest BCUT2D eigenvalue weighted by Gasteiger charge is -2.15. The van der Waals surface area contributed by atoms with E-state index in [1.165, 1.54) is 13.3 Å². The number of ether oxygens (including phenoxy) is 2. The number of rotatable bonds is 6. The number of carbonyl (C=O) groups is 1. The van der Waals surface area contributed by atoms with Gasteiger partial charge in [-0.05, 0) is 52.3 Å². The lowest BCUT2D eigenvalue weighted by molar-refractivity contribution is 0.0699. The van der Waals surface area contributed by atoms with E-state index in [4.69, 9.17) is 21.1 Å². The second-order valence-electron chi connectivity index (χ2n) is 8.06. The van der Waals surface area contributed by atoms with Gasteiger partial charge in [-0.2, -0.15) is 9.97 Å². The number of carboxylic acids is 1. The van der Waals surface area contributed by atoms with Crippen LogP contribution in [0.25, 0.3) is 22.0 Å². The van der Waals surface area contributed by atoms with Gasteiger partial charge in [-0.3, -0.25) is 0 Å². The van der Waals surface area contributed by atoms with Crippen molar-refractivity contribution in [3.63, 3.8) is 0 Å². The minimum absolute atomic E-state index is 0.194. The molecule has 2 N–H and O–H groups in total. The van der Waals surface area contributed by atoms with E-state index in [1.54, 1.807) is 19.2 Å². The van der Waals surface area contributed by atoms with Crippen LogP contribution in [0.4, 0.5) is 11.6 Å². The number of H-pyrrole nitrogens is 1. The number of fused-ring (bicyclic) bond motifs is 1. The molecule has 0 saturated heterocycles. The van der Waals surface area contributed by atoms with Crippen molar-refractivity contribution in [2.75, 3.05) is 52.2 Å². The Bertz CT molecular complexity index is 1390. The molecule has 0 aliphatic rings. The third-order valence-electron chi connectivity index (χ3n) is 5.24. The van der Waals surface area contributed by atoms with Crippen molar-refractivity contribution in [2.24, 2.45) is 0 Å². The highest BCUT2D eigenvalue weighted by Crippen LogP contribution is 2.38. The Kier molecular flexibility index (Phi) is 8.65. The van der Waals surface area contributed by atoms with Crippen molar-refractivity contribution in [2.45, 2.75) is 0 Å². The lowest BCUT2D eigenvalue weighted by Crippen LogP contribution is -2.11. The number of aromatic nitrogens is 3. The Hall–Kier alpha value is -3.50. The maximum Gasteiger partial charge on any atom is 0.337 e. The van der Waals surface area contributed by atoms with Crippen LogP contribution in [0.3, 0.4) is 0 Å². The number of pyridine rings is 2. The van der Waals surface area contributed by atoms with Gasteiger partial charge in [0.15, 0.2) is 0 Å². The fraction of sp³-hybridized carbons (Fsp3) is 0.240. The molecule has 1 aromatic carbocycles. The molecule has 0 saturated carbocycles. The molecule has 0 aliphatic heterocycles. The third-order valence-corrected chi connectivity index (χ3v) is 6.15. The van der Waals surface area contributed by atoms with Crippen molar-refractivity contribution in [3.05, 3.63) is 57.7 Å². The van der Waals surface area contributed by atoms with Crippen LogP contribution in [0.15, 0.2) is 47.1 Å². The number of carboxylic acid groups (broad SMARTS) is 1. The topological polar surface area (TPSA) is 104 Å². The second-order valence-corrected chi connectivity index (χ2v) is 9.32. The fourth-order valence-corrected chi connectivity index (χ4v) is 4.02. The van der Waals surface area contributed by atoms with Gasteiger partial charge in [-0.15, -0.1) is 0 Å². The third kappa shape index (κ3) is 5.83. The van der Waals surface area contributed by atoms with E-state index < -0.39 is 5.97 Å². The molecule has 3 aromatic heterocycles. The Labute approximate surface area is 222 Å². The van der Waals surface area contributed by atoms with Crippen molar-refractivity contribution in [3.8, 4) is 22.9 Å². The molecule has 4 rings (SSSR count). The van der Waals surface area contributed by atoms with Crippen LogP contribution in [0, 0.1) is 0 Å². The molecule has 9 nitrogen and oxygen atoms in total. The summed E-state index contributed by atoms with van der Waals surface area (Å²) in [5.74, 6) is 1.68. The summed E-state index contributed by atoms with van der Waals surface area (Å²) in [5, 5.41) is 10.4. The second kappa shape index (κ2) is 11.5. The van der Waals surface area contributed by atoms with Crippen LogP contribution in [-0.2, 0) is 0 Å². The van der Waals surface area contributed by atoms with Gasteiger partial charge in [0.05, 0.1) is 29.3 Å². The molecule has 0 radical (unpaired) electrons. The molecule has 0 unspecified atom stereocenters. The predicted molar refractivity (Wildman–Crippen MR) is 147 cm³/mol. The largest absolute Gasteiger partial charge is 0.480 e. The van der Waals surface area contributed by atoms with Gasteiger partial charge in [-0.1, -0.05) is 11.6 Å². The zero-order valence-corrected chi connectivity index (χ0v) is 23.1. The minimum atomic E-state index is -0.998. The molecule has 36 heavy (non-hydrogen) atoms. The Morgan fingerprint density at radius 1 is 0.944 bits per heavy atom. The molecule has 3 heterocycles. The normalized spacial score (nSPS) is 10.4. The number of hydrogen-bond acceptors (Lipinski definition) is 7. The molecule has 190 valence electrons. The number of methoxy groups -OCH3 is 2. The van der Waals surface area contributed by atoms with Gasteiger partial charge >= 0.3 is 5.97 Å². The highest BCUT2D eigenvalue weighted by atomic mass is 79.9. The molecular weight excluding hydrogens is 550 g/mol. The quantitative estimate of drug-likeness (QED) is 0.307. The van der Waals surface area contributed by atoms with Crippen LogP contribution >= 0.6 is 27.5 Å². The smallest absolute Gasteiger partial charge is 0.337 e. The first-order chi connectivity index (χ1) is 17.1. The molecule has 0 aliphatic carbocycles. The zero-order chi connectivity index (χ0) is 26.6. The van der Waals surface area contributed by atoms with Crippen LogP contribution in [0.5, 0.6) is 11.8 Å². The molecule has 0 fully saturated rings. The standard InChI is InChI=1S/C17H16ClN3O3.C8H11BrN2O/c1-21(2)15-5-4-9(16(20-15)24-3)10-6-11-12(17(22)23)8-19-14(11)7-13(10)18;1-11(2)7-5-4-6(9)8(10-7)12-3/h4-8,19H,1-3H3,(H,22,23);4-5H,1-3H3. The van der Waals surface area contributed by atoms with E-state index in [9.17, 15) is 9.90 Å². The van der Waals surface area contributed by atoms with E-state index in [-0.39, 0.29) is 5.56 Å². The zero-order valence-electron chi connectivity index (χ0n) is 20.8. The lowest BCUT2D eigenvalue weighted by atomic mass is 10.0. The van der Waals surface area contributed by atoms with Gasteiger partial charge in [0, 0.05) is 56.4 Å². The number of benzene rings is 1. The summed E-state index contributed by atoms with van der Waals surface area (Å²) >= 11 is 9.73. The average Bonchev–Trinajstić information content (AvgIpc) is 3.26. The average molecular weight is 577 g/mol. The molecular formula is C25H27BrClN5O4. The predicted octanol–water partition coefficient (Wildman–Crippen LogP) is 5.57. The fourth-order valence-electron chi connectivity index (χ4n) is 3.37. The van der Waals surface area contributed by atoms with Crippen LogP contribution < -0.4 is 19.3 Å². The number of halogens is 2. The Balaban J connectivity index is 0.000000253. The monoisotopic (exact) mass is 575 g/mol. The highest BCUT2D eigenvalue weighted by Gasteiger charge is 2.17. The highest BCUT2D eigenvalue weighted by molar-refractivity contribution is 9.10. The molecule has 0 spiro atoms. The Morgan fingerprint density at radius 3 is 2.08 bits per heavy atom. The molecule has 11 heteroatoms. The summed E-state index contributed by atoms with van der Waals surface area (Å²) in [5.41, 5.74) is 2.23. The van der Waals surface area contributed by atoms with Crippen LogP contribution in [0.1, 0.15) is 10.4 Å². The molecule has 0 atom stereocenters. The summed E-state index contributed by atoms with van der Waals surface area (Å²) < 4.78 is 11.3. The summed E-state index contributed by atoms with van der Waals surface area (Å²) in [6.07, 6.45) is 1.46. The maximum absolute atomic E-state index is 11.4. The first kappa shape index (κ1) is 27.1. The summed E-state index contributed by atoms with van der Waals surface area (Å²) in [4.78, 5) is 26.8. The van der Waals surface area contributed by atoms with Crippen molar-refractivity contribution in [1.29, 1.82) is 0 Å². The first-order valence-electron chi connectivity index (χ1n) is 10.7. The van der Waals surface area contributed by atoms with E-state index in [0.717, 1.165) is 16.1 Å². The summed E-state index contributed by atoms with van der Waals surface area (Å²) in [7, 11) is 10.8. The van der Waals surface area contributed by atoms with Gasteiger partial charge in [0.25, 0.3) is 0 Å². The molecule has 0 amide bonds.